The maximum atomic E-state index is 11.0. The summed E-state index contributed by atoms with van der Waals surface area (Å²) in [6, 6.07) is 0. The van der Waals surface area contributed by atoms with E-state index in [1.165, 1.54) is 38.5 Å². The zero-order valence-electron chi connectivity index (χ0n) is 16.2. The Bertz CT molecular complexity index is 441. The van der Waals surface area contributed by atoms with Crippen LogP contribution >= 0.6 is 0 Å². The molecule has 2 aliphatic rings. The van der Waals surface area contributed by atoms with E-state index >= 15 is 0 Å². The first-order valence-corrected chi connectivity index (χ1v) is 9.75. The van der Waals surface area contributed by atoms with Crippen LogP contribution < -0.4 is 0 Å². The van der Waals surface area contributed by atoms with Crippen LogP contribution in [0.25, 0.3) is 0 Å². The van der Waals surface area contributed by atoms with E-state index in [2.05, 4.69) is 41.5 Å². The average molecular weight is 323 g/mol. The van der Waals surface area contributed by atoms with Crippen LogP contribution in [0, 0.1) is 34.0 Å². The number of aliphatic carboxylic acids is 1. The third-order valence-corrected chi connectivity index (χ3v) is 8.35. The number of carboxylic acid groups (broad SMARTS) is 1. The van der Waals surface area contributed by atoms with Gasteiger partial charge in [-0.3, -0.25) is 4.79 Å². The second-order valence-electron chi connectivity index (χ2n) is 9.89. The van der Waals surface area contributed by atoms with Crippen molar-refractivity contribution in [1.82, 2.24) is 0 Å². The normalized spacial score (nSPS) is 41.1. The van der Waals surface area contributed by atoms with Gasteiger partial charge in [0.1, 0.15) is 0 Å². The summed E-state index contributed by atoms with van der Waals surface area (Å²) in [5, 5.41) is 9.02. The van der Waals surface area contributed by atoms with Gasteiger partial charge in [-0.25, -0.2) is 0 Å². The fraction of sp³-hybridized carbons (Fsp3) is 0.952. The van der Waals surface area contributed by atoms with E-state index in [0.29, 0.717) is 28.6 Å². The van der Waals surface area contributed by atoms with Crippen molar-refractivity contribution in [2.24, 2.45) is 34.0 Å². The van der Waals surface area contributed by atoms with Crippen molar-refractivity contribution in [3.05, 3.63) is 0 Å². The van der Waals surface area contributed by atoms with Crippen LogP contribution in [-0.2, 0) is 4.79 Å². The molecule has 0 aromatic rings. The molecule has 0 amide bonds. The Morgan fingerprint density at radius 2 is 1.83 bits per heavy atom. The highest BCUT2D eigenvalue weighted by Gasteiger charge is 2.60. The molecule has 0 saturated heterocycles. The number of hydrogen-bond acceptors (Lipinski definition) is 1. The first-order chi connectivity index (χ1) is 10.5. The van der Waals surface area contributed by atoms with Crippen molar-refractivity contribution in [1.29, 1.82) is 0 Å². The Kier molecular flexibility index (Phi) is 5.24. The van der Waals surface area contributed by atoms with Crippen molar-refractivity contribution >= 4 is 5.97 Å². The Hall–Kier alpha value is -0.530. The van der Waals surface area contributed by atoms with Crippen molar-refractivity contribution in [3.8, 4) is 0 Å². The number of carboxylic acids is 1. The van der Waals surface area contributed by atoms with E-state index in [9.17, 15) is 4.79 Å². The van der Waals surface area contributed by atoms with Crippen LogP contribution in [0.15, 0.2) is 0 Å². The molecule has 2 aliphatic carbocycles. The van der Waals surface area contributed by atoms with Crippen LogP contribution in [0.1, 0.15) is 92.9 Å². The topological polar surface area (TPSA) is 37.3 Å². The van der Waals surface area contributed by atoms with Gasteiger partial charge < -0.3 is 5.11 Å². The largest absolute Gasteiger partial charge is 0.481 e. The highest BCUT2D eigenvalue weighted by Crippen LogP contribution is 2.69. The number of rotatable bonds is 5. The van der Waals surface area contributed by atoms with Crippen LogP contribution in [0.3, 0.4) is 0 Å². The van der Waals surface area contributed by atoms with Gasteiger partial charge in [-0.1, -0.05) is 48.0 Å². The van der Waals surface area contributed by atoms with E-state index in [4.69, 9.17) is 5.11 Å². The molecule has 2 nitrogen and oxygen atoms in total. The summed E-state index contributed by atoms with van der Waals surface area (Å²) in [7, 11) is 0. The van der Waals surface area contributed by atoms with Crippen LogP contribution in [-0.4, -0.2) is 11.1 Å². The van der Waals surface area contributed by atoms with E-state index in [1.807, 2.05) is 0 Å². The molecule has 1 unspecified atom stereocenters. The van der Waals surface area contributed by atoms with Crippen molar-refractivity contribution in [2.45, 2.75) is 92.9 Å². The fourth-order valence-electron chi connectivity index (χ4n) is 6.25. The molecule has 0 aromatic heterocycles. The fourth-order valence-corrected chi connectivity index (χ4v) is 6.25. The van der Waals surface area contributed by atoms with Crippen LogP contribution in [0.4, 0.5) is 0 Å². The third-order valence-electron chi connectivity index (χ3n) is 8.35. The standard InChI is InChI=1S/C21H38O2/c1-15(14-18(22)23)8-9-17-16(2)10-13-21(6)19(3,4)11-7-12-20(17,21)5/h15-17H,7-14H2,1-6H3,(H,22,23)/t15?,16-,17+,20-,21+/m1/s1. The van der Waals surface area contributed by atoms with Gasteiger partial charge in [0.05, 0.1) is 0 Å². The smallest absolute Gasteiger partial charge is 0.303 e. The number of fused-ring (bicyclic) bond motifs is 1. The van der Waals surface area contributed by atoms with E-state index in [0.717, 1.165) is 18.3 Å². The molecule has 0 bridgehead atoms. The minimum atomic E-state index is -0.649. The summed E-state index contributed by atoms with van der Waals surface area (Å²) in [5.74, 6) is 1.17. The second-order valence-corrected chi connectivity index (χ2v) is 9.89. The van der Waals surface area contributed by atoms with Crippen molar-refractivity contribution in [2.75, 3.05) is 0 Å². The van der Waals surface area contributed by atoms with E-state index in [1.54, 1.807) is 0 Å². The molecule has 0 spiro atoms. The second kappa shape index (κ2) is 6.41. The molecule has 5 atom stereocenters. The maximum Gasteiger partial charge on any atom is 0.303 e. The molecule has 2 saturated carbocycles. The third kappa shape index (κ3) is 3.20. The van der Waals surface area contributed by atoms with Gasteiger partial charge in [0.15, 0.2) is 0 Å². The number of hydrogen-bond donors (Lipinski definition) is 1. The Morgan fingerprint density at radius 3 is 2.43 bits per heavy atom. The van der Waals surface area contributed by atoms with Crippen molar-refractivity contribution < 1.29 is 9.90 Å². The minimum Gasteiger partial charge on any atom is -0.481 e. The first-order valence-electron chi connectivity index (χ1n) is 9.75. The lowest BCUT2D eigenvalue weighted by Gasteiger charge is -2.66. The summed E-state index contributed by atoms with van der Waals surface area (Å²) in [5.41, 5.74) is 1.26. The van der Waals surface area contributed by atoms with Gasteiger partial charge >= 0.3 is 5.97 Å². The zero-order valence-corrected chi connectivity index (χ0v) is 16.2. The molecule has 23 heavy (non-hydrogen) atoms. The van der Waals surface area contributed by atoms with Gasteiger partial charge in [0.2, 0.25) is 0 Å². The molecule has 1 N–H and O–H groups in total. The summed E-state index contributed by atoms with van der Waals surface area (Å²) in [6.07, 6.45) is 9.36. The molecule has 0 radical (unpaired) electrons. The minimum absolute atomic E-state index is 0.299. The summed E-state index contributed by atoms with van der Waals surface area (Å²) < 4.78 is 0. The van der Waals surface area contributed by atoms with Crippen molar-refractivity contribution in [3.63, 3.8) is 0 Å². The molecule has 2 fully saturated rings. The Balaban J connectivity index is 2.18. The SMILES string of the molecule is CC(CC[C@H]1[C@H](C)CC[C@@]2(C)C(C)(C)CCC[C@]12C)CC(=O)O. The molecule has 0 heterocycles. The molecular formula is C21H38O2. The summed E-state index contributed by atoms with van der Waals surface area (Å²) in [6.45, 7) is 14.7. The molecule has 2 heteroatoms. The lowest BCUT2D eigenvalue weighted by atomic mass is 9.39. The lowest BCUT2D eigenvalue weighted by Crippen LogP contribution is -2.58. The van der Waals surface area contributed by atoms with Gasteiger partial charge in [0.25, 0.3) is 0 Å². The summed E-state index contributed by atoms with van der Waals surface area (Å²) >= 11 is 0. The predicted octanol–water partition coefficient (Wildman–Crippen LogP) is 6.15. The molecule has 0 aromatic carbocycles. The highest BCUT2D eigenvalue weighted by molar-refractivity contribution is 5.66. The van der Waals surface area contributed by atoms with Gasteiger partial charge in [-0.2, -0.15) is 0 Å². The van der Waals surface area contributed by atoms with Crippen LogP contribution in [0.2, 0.25) is 0 Å². The first kappa shape index (κ1) is 18.8. The van der Waals surface area contributed by atoms with Gasteiger partial charge in [-0.15, -0.1) is 0 Å². The van der Waals surface area contributed by atoms with E-state index < -0.39 is 5.97 Å². The van der Waals surface area contributed by atoms with E-state index in [-0.39, 0.29) is 0 Å². The highest BCUT2D eigenvalue weighted by atomic mass is 16.4. The Labute approximate surface area is 143 Å². The molecule has 0 aliphatic heterocycles. The maximum absolute atomic E-state index is 11.0. The molecule has 134 valence electrons. The average Bonchev–Trinajstić information content (AvgIpc) is 2.41. The quantitative estimate of drug-likeness (QED) is 0.659. The van der Waals surface area contributed by atoms with Crippen LogP contribution in [0.5, 0.6) is 0 Å². The lowest BCUT2D eigenvalue weighted by molar-refractivity contribution is -0.170. The van der Waals surface area contributed by atoms with Gasteiger partial charge in [-0.05, 0) is 72.5 Å². The van der Waals surface area contributed by atoms with Gasteiger partial charge in [0, 0.05) is 6.42 Å². The molecular weight excluding hydrogens is 284 g/mol. The summed E-state index contributed by atoms with van der Waals surface area (Å²) in [4.78, 5) is 11.0. The zero-order chi connectivity index (χ0) is 17.5. The monoisotopic (exact) mass is 322 g/mol. The number of carbonyl (C=O) groups is 1. The molecule has 2 rings (SSSR count). The predicted molar refractivity (Wildman–Crippen MR) is 96.4 cm³/mol. The Morgan fingerprint density at radius 1 is 1.17 bits per heavy atom.